The molecule has 3 aromatic heterocycles. The molecule has 14 heteroatoms. The van der Waals surface area contributed by atoms with Gasteiger partial charge in [-0.2, -0.15) is 22.8 Å². The molecule has 9 nitrogen and oxygen atoms in total. The molecule has 1 N–H and O–H groups in total. The summed E-state index contributed by atoms with van der Waals surface area (Å²) >= 11 is 6.05. The summed E-state index contributed by atoms with van der Waals surface area (Å²) < 4.78 is 61.4. The maximum atomic E-state index is 15.2. The van der Waals surface area contributed by atoms with Crippen LogP contribution in [0, 0.1) is 12.7 Å². The van der Waals surface area contributed by atoms with E-state index in [4.69, 9.17) is 16.3 Å². The number of ketones is 1. The van der Waals surface area contributed by atoms with E-state index in [9.17, 15) is 27.9 Å². The van der Waals surface area contributed by atoms with Crippen molar-refractivity contribution in [2.24, 2.45) is 0 Å². The van der Waals surface area contributed by atoms with E-state index in [1.165, 1.54) is 6.20 Å². The van der Waals surface area contributed by atoms with Crippen LogP contribution < -0.4 is 10.4 Å². The first-order valence-corrected chi connectivity index (χ1v) is 11.0. The number of hydrogen-bond donors (Lipinski definition) is 1. The summed E-state index contributed by atoms with van der Waals surface area (Å²) in [7, 11) is 0. The van der Waals surface area contributed by atoms with Crippen LogP contribution in [0.3, 0.4) is 0 Å². The number of aliphatic hydroxyl groups is 1. The highest BCUT2D eigenvalue weighted by molar-refractivity contribution is 6.30. The molecule has 0 fully saturated rings. The molecule has 0 saturated heterocycles. The molecule has 3 rings (SSSR count). The second-order valence-electron chi connectivity index (χ2n) is 8.18. The number of carbonyl (C=O) groups is 1. The Kier molecular flexibility index (Phi) is 7.84. The molecule has 0 spiro atoms. The number of alkyl halides is 3. The first-order valence-electron chi connectivity index (χ1n) is 10.6. The van der Waals surface area contributed by atoms with Gasteiger partial charge >= 0.3 is 11.9 Å². The van der Waals surface area contributed by atoms with Gasteiger partial charge < -0.3 is 9.84 Å². The smallest absolute Gasteiger partial charge is 0.425 e. The van der Waals surface area contributed by atoms with Crippen LogP contribution in [-0.4, -0.2) is 47.5 Å². The Balaban J connectivity index is 2.17. The Morgan fingerprint density at radius 1 is 1.28 bits per heavy atom. The van der Waals surface area contributed by atoms with E-state index in [0.717, 1.165) is 4.57 Å². The Labute approximate surface area is 207 Å². The average Bonchev–Trinajstić information content (AvgIpc) is 3.12. The highest BCUT2D eigenvalue weighted by Crippen LogP contribution is 2.29. The van der Waals surface area contributed by atoms with Gasteiger partial charge in [0.1, 0.15) is 11.8 Å². The topological polar surface area (TPSA) is 112 Å². The quantitative estimate of drug-likeness (QED) is 0.267. The number of Topliss-reactive ketones (excluding diaryl/α,β-unsaturated/α-hetero) is 1. The lowest BCUT2D eigenvalue weighted by Crippen LogP contribution is -2.32. The number of pyridine rings is 2. The molecule has 194 valence electrons. The number of aliphatic hydroxyl groups excluding tert-OH is 1. The van der Waals surface area contributed by atoms with E-state index < -0.39 is 65.9 Å². The lowest BCUT2D eigenvalue weighted by molar-refractivity contribution is -0.190. The van der Waals surface area contributed by atoms with Gasteiger partial charge in [0.05, 0.1) is 5.56 Å². The van der Waals surface area contributed by atoms with E-state index in [1.807, 2.05) is 0 Å². The summed E-state index contributed by atoms with van der Waals surface area (Å²) in [4.78, 5) is 33.5. The van der Waals surface area contributed by atoms with Gasteiger partial charge in [-0.15, -0.1) is 5.10 Å². The molecule has 0 unspecified atom stereocenters. The van der Waals surface area contributed by atoms with Crippen LogP contribution >= 0.6 is 11.6 Å². The van der Waals surface area contributed by atoms with Crippen molar-refractivity contribution in [3.8, 4) is 11.7 Å². The highest BCUT2D eigenvalue weighted by Gasteiger charge is 2.39. The van der Waals surface area contributed by atoms with Gasteiger partial charge in [-0.05, 0) is 45.4 Å². The number of hydrogen-bond acceptors (Lipinski definition) is 7. The van der Waals surface area contributed by atoms with Crippen molar-refractivity contribution in [3.05, 3.63) is 62.3 Å². The fourth-order valence-corrected chi connectivity index (χ4v) is 3.61. The van der Waals surface area contributed by atoms with Gasteiger partial charge in [0.15, 0.2) is 29.3 Å². The van der Waals surface area contributed by atoms with Gasteiger partial charge in [0.2, 0.25) is 5.88 Å². The molecule has 0 radical (unpaired) electrons. The summed E-state index contributed by atoms with van der Waals surface area (Å²) in [6.45, 7) is 4.90. The molecule has 0 aliphatic carbocycles. The van der Waals surface area contributed by atoms with E-state index in [1.54, 1.807) is 26.8 Å². The highest BCUT2D eigenvalue weighted by atomic mass is 35.5. The second kappa shape index (κ2) is 10.3. The molecule has 0 saturated carbocycles. The van der Waals surface area contributed by atoms with Crippen molar-refractivity contribution < 1.29 is 32.2 Å². The molecular weight excluding hydrogens is 510 g/mol. The molecule has 0 amide bonds. The Morgan fingerprint density at radius 3 is 2.47 bits per heavy atom. The standard InChI is InChI=1S/C22H22ClF4N5O4/c1-10(2)31-17(9-33)30-32(21(31)35)19-15(24)7-14(20(29-19)36-12(4)22(25,26)27)16(34)8-13-11(3)5-6-28-18(13)23/h5-7,10,12,33H,8-9H2,1-4H3/t12-/m0/s1. The zero-order valence-electron chi connectivity index (χ0n) is 19.6. The van der Waals surface area contributed by atoms with Crippen LogP contribution in [0.4, 0.5) is 17.6 Å². The van der Waals surface area contributed by atoms with Crippen LogP contribution in [0.25, 0.3) is 5.82 Å². The summed E-state index contributed by atoms with van der Waals surface area (Å²) in [6.07, 6.45) is -6.27. The third-order valence-corrected chi connectivity index (χ3v) is 5.61. The minimum absolute atomic E-state index is 0.00170. The van der Waals surface area contributed by atoms with Gasteiger partial charge in [-0.3, -0.25) is 9.36 Å². The second-order valence-corrected chi connectivity index (χ2v) is 8.54. The zero-order valence-corrected chi connectivity index (χ0v) is 20.4. The molecule has 0 aromatic carbocycles. The fraction of sp³-hybridized carbons (Fsp3) is 0.409. The van der Waals surface area contributed by atoms with Crippen LogP contribution in [0.1, 0.15) is 54.1 Å². The molecule has 0 aliphatic rings. The minimum Gasteiger partial charge on any atom is -0.464 e. The van der Waals surface area contributed by atoms with Gasteiger partial charge in [-0.25, -0.2) is 14.2 Å². The van der Waals surface area contributed by atoms with Crippen molar-refractivity contribution in [2.45, 2.75) is 59.0 Å². The summed E-state index contributed by atoms with van der Waals surface area (Å²) in [5.41, 5.74) is -0.609. The van der Waals surface area contributed by atoms with Crippen molar-refractivity contribution >= 4 is 17.4 Å². The maximum absolute atomic E-state index is 15.2. The summed E-state index contributed by atoms with van der Waals surface area (Å²) in [6, 6.07) is 1.73. The fourth-order valence-electron chi connectivity index (χ4n) is 3.34. The van der Waals surface area contributed by atoms with Crippen molar-refractivity contribution in [2.75, 3.05) is 0 Å². The number of ether oxygens (including phenoxy) is 1. The Morgan fingerprint density at radius 2 is 1.94 bits per heavy atom. The van der Waals surface area contributed by atoms with Crippen LogP contribution in [-0.2, 0) is 13.0 Å². The number of nitrogens with zero attached hydrogens (tertiary/aromatic N) is 5. The maximum Gasteiger partial charge on any atom is 0.425 e. The van der Waals surface area contributed by atoms with E-state index in [-0.39, 0.29) is 11.0 Å². The van der Waals surface area contributed by atoms with Gasteiger partial charge in [0.25, 0.3) is 0 Å². The summed E-state index contributed by atoms with van der Waals surface area (Å²) in [5, 5.41) is 13.4. The van der Waals surface area contributed by atoms with Crippen molar-refractivity contribution in [1.29, 1.82) is 0 Å². The lowest BCUT2D eigenvalue weighted by Gasteiger charge is -2.19. The van der Waals surface area contributed by atoms with Gasteiger partial charge in [0, 0.05) is 24.2 Å². The Bertz CT molecular complexity index is 1330. The molecular formula is C22H22ClF4N5O4. The third-order valence-electron chi connectivity index (χ3n) is 5.29. The molecule has 3 heterocycles. The van der Waals surface area contributed by atoms with Crippen molar-refractivity contribution in [1.82, 2.24) is 24.3 Å². The van der Waals surface area contributed by atoms with Crippen LogP contribution in [0.5, 0.6) is 5.88 Å². The van der Waals surface area contributed by atoms with Crippen LogP contribution in [0.15, 0.2) is 23.1 Å². The van der Waals surface area contributed by atoms with Gasteiger partial charge in [-0.1, -0.05) is 11.6 Å². The minimum atomic E-state index is -4.83. The lowest BCUT2D eigenvalue weighted by atomic mass is 10.0. The number of aryl methyl sites for hydroxylation is 1. The molecule has 0 aliphatic heterocycles. The molecule has 0 bridgehead atoms. The van der Waals surface area contributed by atoms with Crippen LogP contribution in [0.2, 0.25) is 5.15 Å². The van der Waals surface area contributed by atoms with E-state index in [0.29, 0.717) is 28.8 Å². The number of halogens is 5. The normalized spacial score (nSPS) is 12.8. The molecule has 3 aromatic rings. The first-order chi connectivity index (χ1) is 16.8. The summed E-state index contributed by atoms with van der Waals surface area (Å²) in [5.74, 6) is -3.84. The predicted molar refractivity (Wildman–Crippen MR) is 120 cm³/mol. The number of rotatable bonds is 8. The van der Waals surface area contributed by atoms with E-state index in [2.05, 4.69) is 15.1 Å². The number of carbonyl (C=O) groups excluding carboxylic acids is 1. The van der Waals surface area contributed by atoms with Crippen molar-refractivity contribution in [3.63, 3.8) is 0 Å². The predicted octanol–water partition coefficient (Wildman–Crippen LogP) is 3.75. The molecule has 36 heavy (non-hydrogen) atoms. The third kappa shape index (κ3) is 5.41. The monoisotopic (exact) mass is 531 g/mol. The largest absolute Gasteiger partial charge is 0.464 e. The Hall–Kier alpha value is -3.32. The first kappa shape index (κ1) is 27.3. The number of aromatic nitrogens is 5. The van der Waals surface area contributed by atoms with E-state index >= 15 is 4.39 Å². The average molecular weight is 532 g/mol. The SMILES string of the molecule is Cc1ccnc(Cl)c1CC(=O)c1cc(F)c(-n2nc(CO)n(C(C)C)c2=O)nc1O[C@@H](C)C(F)(F)F. The molecule has 1 atom stereocenters. The zero-order chi connectivity index (χ0) is 26.9.